The fraction of sp³-hybridized carbons (Fsp3) is 0.278. The van der Waals surface area contributed by atoms with E-state index >= 15 is 0 Å². The molecule has 3 rings (SSSR count). The van der Waals surface area contributed by atoms with E-state index in [0.29, 0.717) is 17.0 Å². The molecule has 0 saturated heterocycles. The van der Waals surface area contributed by atoms with E-state index in [1.54, 1.807) is 43.2 Å². The molecule has 2 aromatic heterocycles. The van der Waals surface area contributed by atoms with Crippen molar-refractivity contribution in [2.45, 2.75) is 26.4 Å². The Morgan fingerprint density at radius 2 is 2.20 bits per heavy atom. The lowest BCUT2D eigenvalue weighted by molar-refractivity contribution is -0.122. The molecule has 0 fully saturated rings. The van der Waals surface area contributed by atoms with Gasteiger partial charge in [0.25, 0.3) is 5.91 Å². The molecular formula is C18H19N3O4. The Bertz CT molecular complexity index is 974. The van der Waals surface area contributed by atoms with Crippen LogP contribution in [-0.2, 0) is 18.3 Å². The number of hydrogen-bond acceptors (Lipinski definition) is 5. The summed E-state index contributed by atoms with van der Waals surface area (Å²) in [4.78, 5) is 23.8. The highest BCUT2D eigenvalue weighted by atomic mass is 16.5. The number of benzene rings is 1. The number of ether oxygens (including phenoxy) is 1. The zero-order valence-corrected chi connectivity index (χ0v) is 14.3. The third-order valence-electron chi connectivity index (χ3n) is 3.84. The van der Waals surface area contributed by atoms with Crippen molar-refractivity contribution in [3.05, 3.63) is 52.6 Å². The minimum absolute atomic E-state index is 0.295. The average Bonchev–Trinajstić information content (AvgIpc) is 2.98. The first-order valence-electron chi connectivity index (χ1n) is 7.99. The number of rotatable bonds is 5. The van der Waals surface area contributed by atoms with Gasteiger partial charge in [0, 0.05) is 30.8 Å². The number of nitrogens with zero attached hydrogens (tertiary/aromatic N) is 2. The quantitative estimate of drug-likeness (QED) is 0.721. The molecule has 25 heavy (non-hydrogen) atoms. The van der Waals surface area contributed by atoms with Crippen LogP contribution in [0.15, 0.2) is 45.9 Å². The number of carbonyl (C=O) groups is 1. The highest BCUT2D eigenvalue weighted by molar-refractivity contribution is 5.94. The minimum Gasteiger partial charge on any atom is -0.481 e. The van der Waals surface area contributed by atoms with E-state index < -0.39 is 11.7 Å². The second-order valence-electron chi connectivity index (χ2n) is 5.75. The smallest absolute Gasteiger partial charge is 0.336 e. The molecule has 1 N–H and O–H groups in total. The van der Waals surface area contributed by atoms with Gasteiger partial charge in [-0.25, -0.2) is 4.79 Å². The molecule has 3 aromatic rings. The first-order chi connectivity index (χ1) is 12.0. The molecule has 0 aliphatic heterocycles. The van der Waals surface area contributed by atoms with Crippen LogP contribution >= 0.6 is 0 Å². The standard InChI is InChI=1S/C18H19N3O4/c1-4-12-7-17(22)25-16-8-14(5-6-15(12)16)24-11(2)18(23)20-13-9-19-21(3)10-13/h5-11H,4H2,1-3H3,(H,20,23). The molecule has 0 radical (unpaired) electrons. The van der Waals surface area contributed by atoms with Gasteiger partial charge in [-0.05, 0) is 31.0 Å². The summed E-state index contributed by atoms with van der Waals surface area (Å²) in [5.41, 5.74) is 1.56. The van der Waals surface area contributed by atoms with Gasteiger partial charge in [-0.2, -0.15) is 5.10 Å². The van der Waals surface area contributed by atoms with Crippen molar-refractivity contribution in [3.63, 3.8) is 0 Å². The van der Waals surface area contributed by atoms with Crippen molar-refractivity contribution in [1.29, 1.82) is 0 Å². The van der Waals surface area contributed by atoms with Crippen LogP contribution in [0.5, 0.6) is 5.75 Å². The van der Waals surface area contributed by atoms with E-state index in [1.807, 2.05) is 13.0 Å². The maximum atomic E-state index is 12.2. The van der Waals surface area contributed by atoms with Crippen LogP contribution in [0.25, 0.3) is 11.0 Å². The Kier molecular flexibility index (Phi) is 4.56. The predicted molar refractivity (Wildman–Crippen MR) is 93.8 cm³/mol. The molecule has 7 nitrogen and oxygen atoms in total. The Morgan fingerprint density at radius 1 is 1.40 bits per heavy atom. The van der Waals surface area contributed by atoms with Crippen molar-refractivity contribution >= 4 is 22.6 Å². The molecule has 1 amide bonds. The van der Waals surface area contributed by atoms with Crippen molar-refractivity contribution in [2.75, 3.05) is 5.32 Å². The number of anilines is 1. The molecule has 1 aromatic carbocycles. The maximum absolute atomic E-state index is 12.2. The molecule has 0 saturated carbocycles. The lowest BCUT2D eigenvalue weighted by Crippen LogP contribution is -2.30. The third kappa shape index (κ3) is 3.71. The molecule has 0 aliphatic carbocycles. The first-order valence-corrected chi connectivity index (χ1v) is 7.99. The molecule has 1 atom stereocenters. The number of hydrogen-bond donors (Lipinski definition) is 1. The molecule has 130 valence electrons. The summed E-state index contributed by atoms with van der Waals surface area (Å²) in [6, 6.07) is 6.71. The van der Waals surface area contributed by atoms with Crippen LogP contribution in [0, 0.1) is 0 Å². The fourth-order valence-electron chi connectivity index (χ4n) is 2.56. The summed E-state index contributed by atoms with van der Waals surface area (Å²) in [6.45, 7) is 3.62. The summed E-state index contributed by atoms with van der Waals surface area (Å²) >= 11 is 0. The third-order valence-corrected chi connectivity index (χ3v) is 3.84. The highest BCUT2D eigenvalue weighted by Gasteiger charge is 2.16. The van der Waals surface area contributed by atoms with Gasteiger partial charge < -0.3 is 14.5 Å². The summed E-state index contributed by atoms with van der Waals surface area (Å²) in [5.74, 6) is 0.162. The molecule has 2 heterocycles. The van der Waals surface area contributed by atoms with Gasteiger partial charge in [-0.3, -0.25) is 9.48 Å². The van der Waals surface area contributed by atoms with E-state index in [-0.39, 0.29) is 5.91 Å². The zero-order chi connectivity index (χ0) is 18.0. The number of amides is 1. The maximum Gasteiger partial charge on any atom is 0.336 e. The van der Waals surface area contributed by atoms with E-state index in [2.05, 4.69) is 10.4 Å². The van der Waals surface area contributed by atoms with Gasteiger partial charge in [0.1, 0.15) is 11.3 Å². The largest absolute Gasteiger partial charge is 0.481 e. The van der Waals surface area contributed by atoms with E-state index in [9.17, 15) is 9.59 Å². The van der Waals surface area contributed by atoms with Gasteiger partial charge in [0.15, 0.2) is 6.10 Å². The predicted octanol–water partition coefficient (Wildman–Crippen LogP) is 2.49. The molecule has 0 bridgehead atoms. The topological polar surface area (TPSA) is 86.4 Å². The average molecular weight is 341 g/mol. The van der Waals surface area contributed by atoms with Gasteiger partial charge in [-0.15, -0.1) is 0 Å². The van der Waals surface area contributed by atoms with Crippen molar-refractivity contribution in [2.24, 2.45) is 7.05 Å². The monoisotopic (exact) mass is 341 g/mol. The second-order valence-corrected chi connectivity index (χ2v) is 5.75. The van der Waals surface area contributed by atoms with Gasteiger partial charge in [0.2, 0.25) is 0 Å². The number of aromatic nitrogens is 2. The molecule has 0 spiro atoms. The van der Waals surface area contributed by atoms with Crippen LogP contribution < -0.4 is 15.7 Å². The molecular weight excluding hydrogens is 322 g/mol. The molecule has 7 heteroatoms. The fourth-order valence-corrected chi connectivity index (χ4v) is 2.56. The van der Waals surface area contributed by atoms with E-state index in [0.717, 1.165) is 17.4 Å². The van der Waals surface area contributed by atoms with E-state index in [1.165, 1.54) is 6.07 Å². The van der Waals surface area contributed by atoms with Crippen molar-refractivity contribution in [1.82, 2.24) is 9.78 Å². The number of aryl methyl sites for hydroxylation is 2. The van der Waals surface area contributed by atoms with Crippen LogP contribution in [0.4, 0.5) is 5.69 Å². The van der Waals surface area contributed by atoms with Gasteiger partial charge in [-0.1, -0.05) is 6.92 Å². The van der Waals surface area contributed by atoms with Crippen molar-refractivity contribution < 1.29 is 13.9 Å². The summed E-state index contributed by atoms with van der Waals surface area (Å²) in [7, 11) is 1.77. The van der Waals surface area contributed by atoms with Crippen LogP contribution in [0.3, 0.4) is 0 Å². The summed E-state index contributed by atoms with van der Waals surface area (Å²) in [6.07, 6.45) is 3.26. The lowest BCUT2D eigenvalue weighted by Gasteiger charge is -2.14. The highest BCUT2D eigenvalue weighted by Crippen LogP contribution is 2.24. The Labute approximate surface area is 144 Å². The molecule has 0 aliphatic rings. The van der Waals surface area contributed by atoms with Gasteiger partial charge in [0.05, 0.1) is 11.9 Å². The minimum atomic E-state index is -0.723. The molecule has 1 unspecified atom stereocenters. The number of fused-ring (bicyclic) bond motifs is 1. The number of carbonyl (C=O) groups excluding carboxylic acids is 1. The summed E-state index contributed by atoms with van der Waals surface area (Å²) < 4.78 is 12.5. The van der Waals surface area contributed by atoms with Crippen LogP contribution in [-0.4, -0.2) is 21.8 Å². The van der Waals surface area contributed by atoms with Gasteiger partial charge >= 0.3 is 5.63 Å². The zero-order valence-electron chi connectivity index (χ0n) is 14.3. The number of nitrogens with one attached hydrogen (secondary N) is 1. The normalized spacial score (nSPS) is 12.1. The Hall–Kier alpha value is -3.09. The SMILES string of the molecule is CCc1cc(=O)oc2cc(OC(C)C(=O)Nc3cnn(C)c3)ccc12. The van der Waals surface area contributed by atoms with Crippen molar-refractivity contribution in [3.8, 4) is 5.75 Å². The Balaban J connectivity index is 1.77. The van der Waals surface area contributed by atoms with Crippen LogP contribution in [0.1, 0.15) is 19.4 Å². The Morgan fingerprint density at radius 3 is 2.88 bits per heavy atom. The van der Waals surface area contributed by atoms with E-state index in [4.69, 9.17) is 9.15 Å². The lowest BCUT2D eigenvalue weighted by atomic mass is 10.1. The summed E-state index contributed by atoms with van der Waals surface area (Å²) in [5, 5.41) is 7.58. The van der Waals surface area contributed by atoms with Crippen LogP contribution in [0.2, 0.25) is 0 Å². The second kappa shape index (κ2) is 6.80. The first kappa shape index (κ1) is 16.8.